The van der Waals surface area contributed by atoms with Crippen LogP contribution in [0.4, 0.5) is 0 Å². The summed E-state index contributed by atoms with van der Waals surface area (Å²) >= 11 is 0. The number of imidazole rings is 1. The monoisotopic (exact) mass is 407 g/mol. The number of methoxy groups -OCH3 is 1. The quantitative estimate of drug-likeness (QED) is 0.514. The molecule has 158 valence electrons. The summed E-state index contributed by atoms with van der Waals surface area (Å²) < 4.78 is 13.6. The van der Waals surface area contributed by atoms with Crippen molar-refractivity contribution >= 4 is 16.9 Å². The summed E-state index contributed by atoms with van der Waals surface area (Å²) in [4.78, 5) is 16.7. The third-order valence-corrected chi connectivity index (χ3v) is 4.86. The number of aromatic nitrogens is 2. The SMILES string of the molecule is C=CCc1ccc(OCCn2c(CNC(=O)C(C)C)nc3ccccc32)c(OC)c1. The molecule has 0 aliphatic carbocycles. The van der Waals surface area contributed by atoms with Crippen LogP contribution in [0.5, 0.6) is 11.5 Å². The fourth-order valence-electron chi connectivity index (χ4n) is 3.25. The molecule has 0 unspecified atom stereocenters. The molecule has 3 aromatic rings. The zero-order valence-corrected chi connectivity index (χ0v) is 17.9. The summed E-state index contributed by atoms with van der Waals surface area (Å²) in [5.41, 5.74) is 3.04. The van der Waals surface area contributed by atoms with E-state index in [1.165, 1.54) is 0 Å². The van der Waals surface area contributed by atoms with Crippen molar-refractivity contribution in [1.82, 2.24) is 14.9 Å². The molecule has 0 saturated carbocycles. The highest BCUT2D eigenvalue weighted by molar-refractivity contribution is 5.78. The van der Waals surface area contributed by atoms with Crippen LogP contribution in [0.1, 0.15) is 25.2 Å². The smallest absolute Gasteiger partial charge is 0.222 e. The van der Waals surface area contributed by atoms with Gasteiger partial charge in [0.2, 0.25) is 5.91 Å². The molecule has 0 saturated heterocycles. The number of rotatable bonds is 10. The van der Waals surface area contributed by atoms with Gasteiger partial charge in [0.25, 0.3) is 0 Å². The van der Waals surface area contributed by atoms with Crippen LogP contribution in [0.25, 0.3) is 11.0 Å². The number of amides is 1. The fraction of sp³-hybridized carbons (Fsp3) is 0.333. The third-order valence-electron chi connectivity index (χ3n) is 4.86. The summed E-state index contributed by atoms with van der Waals surface area (Å²) in [7, 11) is 1.64. The second-order valence-corrected chi connectivity index (χ2v) is 7.37. The van der Waals surface area contributed by atoms with E-state index in [1.54, 1.807) is 7.11 Å². The van der Waals surface area contributed by atoms with Crippen molar-refractivity contribution in [2.24, 2.45) is 5.92 Å². The number of ether oxygens (including phenoxy) is 2. The van der Waals surface area contributed by atoms with Gasteiger partial charge in [-0.1, -0.05) is 38.1 Å². The second kappa shape index (κ2) is 9.96. The first-order valence-corrected chi connectivity index (χ1v) is 10.2. The Labute approximate surface area is 177 Å². The van der Waals surface area contributed by atoms with E-state index >= 15 is 0 Å². The number of nitrogens with one attached hydrogen (secondary N) is 1. The number of para-hydroxylation sites is 2. The maximum atomic E-state index is 12.0. The van der Waals surface area contributed by atoms with Crippen LogP contribution in [0, 0.1) is 5.92 Å². The van der Waals surface area contributed by atoms with Crippen molar-refractivity contribution in [1.29, 1.82) is 0 Å². The lowest BCUT2D eigenvalue weighted by Gasteiger charge is -2.14. The summed E-state index contributed by atoms with van der Waals surface area (Å²) in [6.07, 6.45) is 2.64. The standard InChI is InChI=1S/C24H29N3O3/c1-5-8-18-11-12-21(22(15-18)29-4)30-14-13-27-20-10-7-6-9-19(20)26-23(27)16-25-24(28)17(2)3/h5-7,9-12,15,17H,1,8,13-14,16H2,2-4H3,(H,25,28). The molecule has 0 aliphatic heterocycles. The van der Waals surface area contributed by atoms with Crippen molar-refractivity contribution in [3.63, 3.8) is 0 Å². The fourth-order valence-corrected chi connectivity index (χ4v) is 3.25. The number of benzene rings is 2. The number of carbonyl (C=O) groups is 1. The largest absolute Gasteiger partial charge is 0.493 e. The average Bonchev–Trinajstić information content (AvgIpc) is 3.10. The number of hydrogen-bond donors (Lipinski definition) is 1. The van der Waals surface area contributed by atoms with E-state index in [2.05, 4.69) is 16.5 Å². The normalized spacial score (nSPS) is 10.9. The lowest BCUT2D eigenvalue weighted by molar-refractivity contribution is -0.124. The predicted octanol–water partition coefficient (Wildman–Crippen LogP) is 4.12. The molecule has 30 heavy (non-hydrogen) atoms. The van der Waals surface area contributed by atoms with E-state index in [4.69, 9.17) is 14.5 Å². The molecule has 0 radical (unpaired) electrons. The molecular weight excluding hydrogens is 378 g/mol. The first-order valence-electron chi connectivity index (χ1n) is 10.2. The minimum atomic E-state index is -0.0670. The molecule has 0 atom stereocenters. The van der Waals surface area contributed by atoms with Crippen molar-refractivity contribution in [3.8, 4) is 11.5 Å². The van der Waals surface area contributed by atoms with Crippen LogP contribution >= 0.6 is 0 Å². The zero-order chi connectivity index (χ0) is 21.5. The third kappa shape index (κ3) is 5.00. The lowest BCUT2D eigenvalue weighted by atomic mass is 10.1. The lowest BCUT2D eigenvalue weighted by Crippen LogP contribution is -2.28. The van der Waals surface area contributed by atoms with E-state index in [-0.39, 0.29) is 11.8 Å². The molecular formula is C24H29N3O3. The van der Waals surface area contributed by atoms with Crippen LogP contribution in [-0.2, 0) is 24.3 Å². The minimum absolute atomic E-state index is 0.00852. The highest BCUT2D eigenvalue weighted by Gasteiger charge is 2.13. The van der Waals surface area contributed by atoms with Gasteiger partial charge in [-0.15, -0.1) is 6.58 Å². The van der Waals surface area contributed by atoms with Crippen LogP contribution in [0.15, 0.2) is 55.1 Å². The predicted molar refractivity (Wildman–Crippen MR) is 119 cm³/mol. The first kappa shape index (κ1) is 21.4. The second-order valence-electron chi connectivity index (χ2n) is 7.37. The van der Waals surface area contributed by atoms with Gasteiger partial charge in [0.15, 0.2) is 11.5 Å². The van der Waals surface area contributed by atoms with E-state index in [1.807, 2.05) is 62.4 Å². The number of fused-ring (bicyclic) bond motifs is 1. The number of carbonyl (C=O) groups excluding carboxylic acids is 1. The van der Waals surface area contributed by atoms with Gasteiger partial charge in [-0.2, -0.15) is 0 Å². The molecule has 1 aromatic heterocycles. The number of nitrogens with zero attached hydrogens (tertiary/aromatic N) is 2. The Bertz CT molecular complexity index is 1020. The van der Waals surface area contributed by atoms with E-state index < -0.39 is 0 Å². The summed E-state index contributed by atoms with van der Waals surface area (Å²) in [6, 6.07) is 13.9. The molecule has 0 spiro atoms. The Morgan fingerprint density at radius 1 is 1.23 bits per heavy atom. The average molecular weight is 408 g/mol. The molecule has 3 rings (SSSR count). The summed E-state index contributed by atoms with van der Waals surface area (Å²) in [6.45, 7) is 8.95. The van der Waals surface area contributed by atoms with Gasteiger partial charge in [0, 0.05) is 5.92 Å². The van der Waals surface area contributed by atoms with Gasteiger partial charge in [-0.05, 0) is 36.2 Å². The molecule has 0 fully saturated rings. The molecule has 2 aromatic carbocycles. The van der Waals surface area contributed by atoms with Crippen molar-refractivity contribution in [2.45, 2.75) is 33.4 Å². The van der Waals surface area contributed by atoms with E-state index in [9.17, 15) is 4.79 Å². The first-order chi connectivity index (χ1) is 14.5. The Hall–Kier alpha value is -3.28. The Balaban J connectivity index is 1.74. The summed E-state index contributed by atoms with van der Waals surface area (Å²) in [5, 5.41) is 2.95. The van der Waals surface area contributed by atoms with Crippen molar-refractivity contribution < 1.29 is 14.3 Å². The van der Waals surface area contributed by atoms with Gasteiger partial charge in [-0.3, -0.25) is 4.79 Å². The molecule has 6 heteroatoms. The van der Waals surface area contributed by atoms with Crippen LogP contribution in [0.2, 0.25) is 0 Å². The molecule has 1 amide bonds. The molecule has 1 N–H and O–H groups in total. The van der Waals surface area contributed by atoms with Gasteiger partial charge in [0.05, 0.1) is 31.2 Å². The Kier molecular flexibility index (Phi) is 7.12. The number of allylic oxidation sites excluding steroid dienone is 1. The molecule has 0 aliphatic rings. The molecule has 1 heterocycles. The van der Waals surface area contributed by atoms with Crippen molar-refractivity contribution in [3.05, 3.63) is 66.5 Å². The van der Waals surface area contributed by atoms with Crippen molar-refractivity contribution in [2.75, 3.05) is 13.7 Å². The Morgan fingerprint density at radius 3 is 2.77 bits per heavy atom. The van der Waals surface area contributed by atoms with Gasteiger partial charge in [0.1, 0.15) is 12.4 Å². The topological polar surface area (TPSA) is 65.4 Å². The van der Waals surface area contributed by atoms with Crippen LogP contribution in [-0.4, -0.2) is 29.2 Å². The maximum Gasteiger partial charge on any atom is 0.222 e. The minimum Gasteiger partial charge on any atom is -0.493 e. The van der Waals surface area contributed by atoms with E-state index in [0.29, 0.717) is 31.2 Å². The van der Waals surface area contributed by atoms with E-state index in [0.717, 1.165) is 28.8 Å². The van der Waals surface area contributed by atoms with Gasteiger partial charge in [-0.25, -0.2) is 4.98 Å². The molecule has 0 bridgehead atoms. The highest BCUT2D eigenvalue weighted by atomic mass is 16.5. The van der Waals surface area contributed by atoms with Gasteiger partial charge < -0.3 is 19.4 Å². The highest BCUT2D eigenvalue weighted by Crippen LogP contribution is 2.28. The zero-order valence-electron chi connectivity index (χ0n) is 17.9. The van der Waals surface area contributed by atoms with Crippen LogP contribution < -0.4 is 14.8 Å². The molecule has 6 nitrogen and oxygen atoms in total. The van der Waals surface area contributed by atoms with Gasteiger partial charge >= 0.3 is 0 Å². The Morgan fingerprint density at radius 2 is 2.03 bits per heavy atom. The number of hydrogen-bond acceptors (Lipinski definition) is 4. The summed E-state index contributed by atoms with van der Waals surface area (Å²) in [5.74, 6) is 2.15. The maximum absolute atomic E-state index is 12.0. The van der Waals surface area contributed by atoms with Crippen LogP contribution in [0.3, 0.4) is 0 Å².